The second kappa shape index (κ2) is 40.3. The van der Waals surface area contributed by atoms with E-state index in [2.05, 4.69) is 42.5 Å². The highest BCUT2D eigenvalue weighted by Gasteiger charge is 2.43. The molecule has 0 aromatic heterocycles. The number of carbonyl (C=O) groups excluding carboxylic acids is 10. The maximum absolute atomic E-state index is 14.1. The van der Waals surface area contributed by atoms with Crippen molar-refractivity contribution in [3.63, 3.8) is 0 Å². The minimum absolute atomic E-state index is 0. The molecule has 26 nitrogen and oxygen atoms in total. The van der Waals surface area contributed by atoms with Crippen LogP contribution in [0.1, 0.15) is 168 Å². The first-order chi connectivity index (χ1) is 32.2. The highest BCUT2D eigenvalue weighted by Crippen LogP contribution is 2.24. The zero-order valence-electron chi connectivity index (χ0n) is 39.7. The van der Waals surface area contributed by atoms with Gasteiger partial charge < -0.3 is 67.7 Å². The fourth-order valence-corrected chi connectivity index (χ4v) is 8.05. The molecule has 79 heavy (non-hydrogen) atoms. The van der Waals surface area contributed by atoms with Crippen LogP contribution in [0.4, 0.5) is 0 Å². The molecule has 3 heterocycles. The summed E-state index contributed by atoms with van der Waals surface area (Å²) in [5, 5.41) is 47.6. The van der Waals surface area contributed by atoms with Crippen molar-refractivity contribution in [2.24, 2.45) is 23.7 Å². The predicted octanol–water partition coefficient (Wildman–Crippen LogP) is 2.51. The van der Waals surface area contributed by atoms with E-state index in [0.29, 0.717) is 19.3 Å². The number of fused-ring (bicyclic) bond motifs is 2. The highest BCUT2D eigenvalue weighted by atomic mass is 16.4. The lowest BCUT2D eigenvalue weighted by Crippen LogP contribution is -2.61. The van der Waals surface area contributed by atoms with Crippen LogP contribution in [0.3, 0.4) is 0 Å². The van der Waals surface area contributed by atoms with Crippen molar-refractivity contribution in [1.82, 2.24) is 52.3 Å². The Morgan fingerprint density at radius 1 is 0.468 bits per heavy atom. The van der Waals surface area contributed by atoms with Gasteiger partial charge in [0, 0.05) is 19.1 Å². The van der Waals surface area contributed by atoms with Gasteiger partial charge in [0.05, 0.1) is 37.8 Å². The Labute approximate surface area is 471 Å². The molecule has 3 aliphatic rings. The number of nitrogens with zero attached hydrogens (tertiary/aromatic N) is 2. The van der Waals surface area contributed by atoms with Gasteiger partial charge >= 0.3 is 17.9 Å². The summed E-state index contributed by atoms with van der Waals surface area (Å²) in [6.07, 6.45) is -0.468. The van der Waals surface area contributed by atoms with Gasteiger partial charge in [0.2, 0.25) is 59.1 Å². The predicted molar refractivity (Wildman–Crippen MR) is 305 cm³/mol. The minimum atomic E-state index is -1.99. The topological polar surface area (TPSA) is 385 Å². The summed E-state index contributed by atoms with van der Waals surface area (Å²) in [5.41, 5.74) is 0. The number of hydrogen-bond acceptors (Lipinski definition) is 13. The molecule has 0 spiro atoms. The molecule has 0 bridgehead atoms. The van der Waals surface area contributed by atoms with Crippen LogP contribution in [-0.2, 0) is 62.3 Å². The molecule has 26 heteroatoms. The van der Waals surface area contributed by atoms with E-state index in [-0.39, 0.29) is 100 Å². The van der Waals surface area contributed by atoms with Gasteiger partial charge in [-0.3, -0.25) is 62.3 Å². The molecule has 3 saturated heterocycles. The Morgan fingerprint density at radius 3 is 1.32 bits per heavy atom. The molecule has 0 radical (unpaired) electrons. The van der Waals surface area contributed by atoms with Gasteiger partial charge in [-0.25, -0.2) is 0 Å². The van der Waals surface area contributed by atoms with E-state index in [9.17, 15) is 77.6 Å². The SMILES string of the molecule is C.C.C.C.C.C.C.C.C.C.CC(C)C1NC(=O)CNC(=O)C(CC(=O)O)NC(=O)CNC(=O)C(CC(=O)O)NC(=O)C(C(C)C(=O)O)NC(=O)C2CCCCN2C(=O)[C@@H](C)C(C)NC(=O)C2CCCN2C(=O)C(C(C)C)NC1=O. The van der Waals surface area contributed by atoms with E-state index in [0.717, 1.165) is 6.92 Å². The molecular weight excluding hydrogens is 1030 g/mol. The summed E-state index contributed by atoms with van der Waals surface area (Å²) >= 11 is 0. The molecule has 0 aromatic carbocycles. The summed E-state index contributed by atoms with van der Waals surface area (Å²) < 4.78 is 0. The summed E-state index contributed by atoms with van der Waals surface area (Å²) in [6.45, 7) is 9.06. The van der Waals surface area contributed by atoms with Crippen LogP contribution in [0.5, 0.6) is 0 Å². The lowest BCUT2D eigenvalue weighted by Gasteiger charge is -2.38. The first-order valence-corrected chi connectivity index (χ1v) is 22.9. The van der Waals surface area contributed by atoms with Crippen molar-refractivity contribution >= 4 is 77.0 Å². The normalized spacial score (nSPS) is 25.2. The van der Waals surface area contributed by atoms with Gasteiger partial charge in [-0.05, 0) is 57.8 Å². The molecule has 9 unspecified atom stereocenters. The van der Waals surface area contributed by atoms with Gasteiger partial charge in [-0.1, -0.05) is 109 Å². The van der Waals surface area contributed by atoms with Crippen LogP contribution >= 0.6 is 0 Å². The number of rotatable bonds is 8. The van der Waals surface area contributed by atoms with Crippen LogP contribution in [0.15, 0.2) is 0 Å². The number of nitrogens with one attached hydrogen (secondary N) is 8. The Kier molecular flexibility index (Phi) is 45.3. The van der Waals surface area contributed by atoms with E-state index in [1.807, 2.05) is 0 Å². The lowest BCUT2D eigenvalue weighted by molar-refractivity contribution is -0.150. The van der Waals surface area contributed by atoms with Gasteiger partial charge in [0.15, 0.2) is 0 Å². The van der Waals surface area contributed by atoms with Crippen molar-refractivity contribution in [1.29, 1.82) is 0 Å². The number of carbonyl (C=O) groups is 13. The quantitative estimate of drug-likeness (QED) is 0.166. The van der Waals surface area contributed by atoms with Crippen molar-refractivity contribution in [3.8, 4) is 0 Å². The van der Waals surface area contributed by atoms with Crippen molar-refractivity contribution in [3.05, 3.63) is 0 Å². The maximum atomic E-state index is 14.1. The number of carboxylic acids is 3. The van der Waals surface area contributed by atoms with Crippen molar-refractivity contribution in [2.45, 2.75) is 216 Å². The third-order valence-electron chi connectivity index (χ3n) is 12.3. The summed E-state index contributed by atoms with van der Waals surface area (Å²) in [7, 11) is 0. The second-order valence-corrected chi connectivity index (χ2v) is 18.3. The molecule has 0 saturated carbocycles. The molecule has 11 N–H and O–H groups in total. The van der Waals surface area contributed by atoms with Crippen LogP contribution in [0.25, 0.3) is 0 Å². The Bertz CT molecular complexity index is 2020. The van der Waals surface area contributed by atoms with E-state index < -0.39 is 175 Å². The Hall–Kier alpha value is -6.89. The fourth-order valence-electron chi connectivity index (χ4n) is 8.05. The second-order valence-electron chi connectivity index (χ2n) is 18.3. The van der Waals surface area contributed by atoms with Crippen LogP contribution in [-0.4, -0.2) is 177 Å². The van der Waals surface area contributed by atoms with E-state index >= 15 is 0 Å². The van der Waals surface area contributed by atoms with Crippen molar-refractivity contribution < 1.29 is 77.6 Å². The zero-order chi connectivity index (χ0) is 52.0. The zero-order valence-corrected chi connectivity index (χ0v) is 39.7. The van der Waals surface area contributed by atoms with E-state index in [1.165, 1.54) is 16.7 Å². The van der Waals surface area contributed by atoms with Crippen LogP contribution < -0.4 is 42.5 Å². The monoisotopic (exact) mass is 1140 g/mol. The van der Waals surface area contributed by atoms with Gasteiger partial charge in [-0.15, -0.1) is 0 Å². The first-order valence-electron chi connectivity index (χ1n) is 22.9. The van der Waals surface area contributed by atoms with Crippen LogP contribution in [0.2, 0.25) is 0 Å². The molecule has 10 atom stereocenters. The van der Waals surface area contributed by atoms with Gasteiger partial charge in [0.1, 0.15) is 42.3 Å². The molecule has 0 aliphatic carbocycles. The summed E-state index contributed by atoms with van der Waals surface area (Å²) in [5.74, 6) is -17.9. The fraction of sp³-hybridized carbons (Fsp3) is 0.755. The number of amides is 10. The number of piperidine rings is 1. The van der Waals surface area contributed by atoms with Crippen molar-refractivity contribution in [2.75, 3.05) is 26.2 Å². The summed E-state index contributed by atoms with van der Waals surface area (Å²) in [4.78, 5) is 174. The largest absolute Gasteiger partial charge is 0.481 e. The standard InChI is InChI=1S/C43H66N10O16.10CH4/c1-19(2)32-39(64)50-33(20(3)4)42(67)53-14-10-12-27(53)37(62)46-23(7)21(5)41(66)52-13-9-8-11-26(52)38(63)51-34(22(6)43(68)69)40(65)48-25(16-31(58)59)36(61)44-17-28(54)47-24(15-30(56)57)35(60)45-18-29(55)49-32;;;;;;;;;;/h19-27,32-34H,8-18H2,1-7H3,(H,44,61)(H,45,60)(H,46,62)(H,47,54)(H,48,65)(H,49,55)(H,50,64)(H,51,63)(H,56,57)(H,58,59)(H,68,69);10*1H4/t21-,22?,23?,24?,25?,26?,27?,32?,33?,34?;;;;;;;;;;/m0........../s1. The smallest absolute Gasteiger partial charge is 0.308 e. The van der Waals surface area contributed by atoms with E-state index in [1.54, 1.807) is 34.6 Å². The maximum Gasteiger partial charge on any atom is 0.308 e. The Balaban J connectivity index is -0.000000840. The number of carboxylic acid groups (broad SMARTS) is 3. The van der Waals surface area contributed by atoms with E-state index in [4.69, 9.17) is 0 Å². The number of hydrogen-bond donors (Lipinski definition) is 11. The van der Waals surface area contributed by atoms with Gasteiger partial charge in [-0.2, -0.15) is 0 Å². The highest BCUT2D eigenvalue weighted by molar-refractivity contribution is 6.00. The molecule has 464 valence electrons. The molecule has 3 aliphatic heterocycles. The Morgan fingerprint density at radius 2 is 0.861 bits per heavy atom. The molecule has 0 aromatic rings. The molecule has 3 fully saturated rings. The third-order valence-corrected chi connectivity index (χ3v) is 12.3. The summed E-state index contributed by atoms with van der Waals surface area (Å²) in [6, 6.07) is -11.3. The molecule has 3 rings (SSSR count). The third kappa shape index (κ3) is 25.2. The number of aliphatic carboxylic acids is 3. The minimum Gasteiger partial charge on any atom is -0.481 e. The van der Waals surface area contributed by atoms with Gasteiger partial charge in [0.25, 0.3) is 0 Å². The molecule has 10 amide bonds. The first kappa shape index (κ1) is 88.7. The average molecular weight is 1140 g/mol. The molecular formula is C53H106N10O16. The van der Waals surface area contributed by atoms with Crippen LogP contribution in [0, 0.1) is 23.7 Å². The average Bonchev–Trinajstić information content (AvgIpc) is 3.78. The lowest BCUT2D eigenvalue weighted by atomic mass is 9.94.